The minimum absolute atomic E-state index is 0.0947. The van der Waals surface area contributed by atoms with Gasteiger partial charge in [-0.25, -0.2) is 0 Å². The molecule has 1 atom stereocenters. The van der Waals surface area contributed by atoms with Crippen molar-refractivity contribution in [3.8, 4) is 11.5 Å². The van der Waals surface area contributed by atoms with Crippen molar-refractivity contribution in [2.45, 2.75) is 92.2 Å². The number of anilines is 2. The first-order valence-electron chi connectivity index (χ1n) is 15.2. The van der Waals surface area contributed by atoms with E-state index in [1.54, 1.807) is 0 Å². The van der Waals surface area contributed by atoms with Gasteiger partial charge in [-0.15, -0.1) is 0 Å². The molecule has 1 aliphatic heterocycles. The Morgan fingerprint density at radius 1 is 0.571 bits per heavy atom. The Morgan fingerprint density at radius 2 is 1.00 bits per heavy atom. The van der Waals surface area contributed by atoms with Crippen LogP contribution in [-0.4, -0.2) is 20.3 Å². The Bertz CT molecular complexity index is 1600. The molecule has 2 aromatic carbocycles. The van der Waals surface area contributed by atoms with Gasteiger partial charge in [-0.05, 0) is 0 Å². The molecule has 2 aromatic heterocycles. The molecule has 6 heteroatoms. The average molecular weight is 654 g/mol. The standard InChI is InChI=1S/C36H45N5.Pd/c1-24(2)29-13-10-14-30(25(3)4)35(29)39-20-19-38(23-39)33-17-12-18-34(37-33)40-21-22-41(28(40)9)36-31(26(5)6)15-11-16-32(36)27(7)8;/h10-22,24-28H,1-9H3;. The Kier molecular flexibility index (Phi) is 8.79. The molecule has 4 aromatic rings. The van der Waals surface area contributed by atoms with E-state index < -0.39 is 0 Å². The number of rotatable bonds is 8. The van der Waals surface area contributed by atoms with Crippen LogP contribution < -0.4 is 9.80 Å². The fourth-order valence-corrected chi connectivity index (χ4v) is 6.62. The second-order valence-electron chi connectivity index (χ2n) is 12.6. The third-order valence-electron chi connectivity index (χ3n) is 8.34. The van der Waals surface area contributed by atoms with E-state index in [-0.39, 0.29) is 6.17 Å². The molecule has 0 aliphatic carbocycles. The molecule has 1 aliphatic rings. The minimum atomic E-state index is 0.0947. The zero-order valence-corrected chi connectivity index (χ0v) is 28.0. The monoisotopic (exact) mass is 653 g/mol. The van der Waals surface area contributed by atoms with E-state index in [0.717, 1.165) is 15.5 Å². The molecule has 0 saturated carbocycles. The fourth-order valence-electron chi connectivity index (χ4n) is 6.03. The van der Waals surface area contributed by atoms with Crippen LogP contribution in [0.3, 0.4) is 0 Å². The Balaban J connectivity index is 1.52. The number of aromatic nitrogens is 3. The summed E-state index contributed by atoms with van der Waals surface area (Å²) in [5, 5.41) is 0. The first-order valence-corrected chi connectivity index (χ1v) is 16.0. The number of imidazole rings is 1. The van der Waals surface area contributed by atoms with Crippen LogP contribution in [0.15, 0.2) is 79.4 Å². The van der Waals surface area contributed by atoms with Crippen LogP contribution in [0.25, 0.3) is 11.5 Å². The quantitative estimate of drug-likeness (QED) is 0.178. The molecule has 1 unspecified atom stereocenters. The van der Waals surface area contributed by atoms with Gasteiger partial charge in [0.1, 0.15) is 0 Å². The second-order valence-corrected chi connectivity index (χ2v) is 13.3. The van der Waals surface area contributed by atoms with E-state index in [9.17, 15) is 0 Å². The van der Waals surface area contributed by atoms with E-state index >= 15 is 0 Å². The summed E-state index contributed by atoms with van der Waals surface area (Å²) in [5.74, 6) is 3.50. The number of hydrogen-bond acceptors (Lipinski definition) is 3. The Labute approximate surface area is 262 Å². The zero-order valence-electron chi connectivity index (χ0n) is 26.4. The summed E-state index contributed by atoms with van der Waals surface area (Å²) in [5.41, 5.74) is 8.03. The van der Waals surface area contributed by atoms with Gasteiger partial charge in [0.15, 0.2) is 0 Å². The first kappa shape index (κ1) is 30.3. The van der Waals surface area contributed by atoms with Gasteiger partial charge in [-0.2, -0.15) is 0 Å². The summed E-state index contributed by atoms with van der Waals surface area (Å²) in [6.45, 7) is 20.4. The maximum absolute atomic E-state index is 5.18. The third kappa shape index (κ3) is 5.48. The van der Waals surface area contributed by atoms with Crippen molar-refractivity contribution in [1.29, 1.82) is 0 Å². The molecule has 0 saturated heterocycles. The molecule has 224 valence electrons. The summed E-state index contributed by atoms with van der Waals surface area (Å²) >= 11 is 3.59. The predicted octanol–water partition coefficient (Wildman–Crippen LogP) is 9.38. The summed E-state index contributed by atoms with van der Waals surface area (Å²) in [7, 11) is 0. The zero-order chi connectivity index (χ0) is 30.3. The van der Waals surface area contributed by atoms with Crippen molar-refractivity contribution in [3.05, 3.63) is 106 Å². The van der Waals surface area contributed by atoms with E-state index in [1.165, 1.54) is 33.6 Å². The van der Waals surface area contributed by atoms with Crippen molar-refractivity contribution in [2.75, 3.05) is 9.80 Å². The molecule has 0 amide bonds. The SMILES string of the molecule is CC(C)c1cccc(C(C)C)c1N1C=CN(c2cccc(-n3ccn(-c4c(C(C)C)cccc4C(C)C)[c]3=[Pd])n2)C1C. The van der Waals surface area contributed by atoms with Crippen LogP contribution in [-0.2, 0) is 18.7 Å². The van der Waals surface area contributed by atoms with Gasteiger partial charge < -0.3 is 0 Å². The number of hydrogen-bond donors (Lipinski definition) is 0. The number of benzene rings is 2. The van der Waals surface area contributed by atoms with Crippen LogP contribution in [0, 0.1) is 3.89 Å². The molecular weight excluding hydrogens is 609 g/mol. The molecular formula is C36H45N5Pd. The van der Waals surface area contributed by atoms with Gasteiger partial charge in [0, 0.05) is 0 Å². The first-order chi connectivity index (χ1) is 20.0. The van der Waals surface area contributed by atoms with Crippen molar-refractivity contribution in [2.24, 2.45) is 0 Å². The Hall–Kier alpha value is -3.20. The molecule has 5 nitrogen and oxygen atoms in total. The number of para-hydroxylation sites is 2. The summed E-state index contributed by atoms with van der Waals surface area (Å²) in [4.78, 5) is 9.86. The predicted molar refractivity (Wildman–Crippen MR) is 172 cm³/mol. The van der Waals surface area contributed by atoms with Crippen molar-refractivity contribution in [3.63, 3.8) is 0 Å². The van der Waals surface area contributed by atoms with Crippen molar-refractivity contribution >= 4 is 11.5 Å². The van der Waals surface area contributed by atoms with Gasteiger partial charge in [-0.1, -0.05) is 0 Å². The number of nitrogens with zero attached hydrogens (tertiary/aromatic N) is 5. The molecule has 42 heavy (non-hydrogen) atoms. The molecule has 0 N–H and O–H groups in total. The molecule has 0 fully saturated rings. The van der Waals surface area contributed by atoms with Crippen LogP contribution in [0.5, 0.6) is 0 Å². The third-order valence-corrected chi connectivity index (χ3v) is 9.09. The van der Waals surface area contributed by atoms with E-state index in [0.29, 0.717) is 23.7 Å². The van der Waals surface area contributed by atoms with E-state index in [1.807, 2.05) is 0 Å². The molecule has 0 bridgehead atoms. The molecule has 3 heterocycles. The topological polar surface area (TPSA) is 29.2 Å². The van der Waals surface area contributed by atoms with Gasteiger partial charge in [0.2, 0.25) is 0 Å². The van der Waals surface area contributed by atoms with E-state index in [4.69, 9.17) is 4.98 Å². The molecule has 0 spiro atoms. The van der Waals surface area contributed by atoms with Gasteiger partial charge in [0.25, 0.3) is 0 Å². The van der Waals surface area contributed by atoms with Crippen LogP contribution in [0.1, 0.15) is 108 Å². The van der Waals surface area contributed by atoms with Crippen LogP contribution in [0.4, 0.5) is 11.5 Å². The van der Waals surface area contributed by atoms with Crippen LogP contribution >= 0.6 is 0 Å². The summed E-state index contributed by atoms with van der Waals surface area (Å²) in [6, 6.07) is 19.7. The number of pyridine rings is 1. The second kappa shape index (κ2) is 12.2. The van der Waals surface area contributed by atoms with Gasteiger partial charge >= 0.3 is 263 Å². The van der Waals surface area contributed by atoms with Gasteiger partial charge in [-0.3, -0.25) is 0 Å². The van der Waals surface area contributed by atoms with Crippen LogP contribution in [0.2, 0.25) is 0 Å². The maximum atomic E-state index is 5.18. The van der Waals surface area contributed by atoms with Gasteiger partial charge in [0.05, 0.1) is 0 Å². The van der Waals surface area contributed by atoms with E-state index in [2.05, 4.69) is 179 Å². The normalized spacial score (nSPS) is 15.4. The summed E-state index contributed by atoms with van der Waals surface area (Å²) < 4.78 is 5.40. The molecule has 0 radical (unpaired) electrons. The summed E-state index contributed by atoms with van der Waals surface area (Å²) in [6.07, 6.45) is 8.73. The average Bonchev–Trinajstić information content (AvgIpc) is 3.53. The molecule has 5 rings (SSSR count). The van der Waals surface area contributed by atoms with Crippen molar-refractivity contribution in [1.82, 2.24) is 14.1 Å². The Morgan fingerprint density at radius 3 is 1.52 bits per heavy atom. The van der Waals surface area contributed by atoms with Crippen molar-refractivity contribution < 1.29 is 18.7 Å². The fraction of sp³-hybridized carbons (Fsp3) is 0.389.